The molecule has 0 aliphatic heterocycles. The van der Waals surface area contributed by atoms with Gasteiger partial charge in [0.2, 0.25) is 0 Å². The normalized spacial score (nSPS) is 12.9. The summed E-state index contributed by atoms with van der Waals surface area (Å²) in [6, 6.07) is 2.30. The molecule has 2 aromatic heterocycles. The molecule has 2 aromatic rings. The maximum atomic E-state index is 5.35. The Hall–Kier alpha value is -1.62. The second-order valence-electron chi connectivity index (χ2n) is 3.93. The van der Waals surface area contributed by atoms with Crippen molar-refractivity contribution in [1.29, 1.82) is 0 Å². The number of nitrogens with zero attached hydrogens (tertiary/aromatic N) is 3. The zero-order valence-electron chi connectivity index (χ0n) is 9.55. The minimum Gasteiger partial charge on any atom is -0.468 e. The van der Waals surface area contributed by atoms with Gasteiger partial charge < -0.3 is 9.73 Å². The lowest BCUT2D eigenvalue weighted by atomic mass is 10.2. The first-order valence-corrected chi connectivity index (χ1v) is 5.34. The van der Waals surface area contributed by atoms with E-state index >= 15 is 0 Å². The fraction of sp³-hybridized carbons (Fsp3) is 0.455. The molecule has 0 spiro atoms. The molecule has 0 radical (unpaired) electrons. The summed E-state index contributed by atoms with van der Waals surface area (Å²) in [4.78, 5) is 3.90. The van der Waals surface area contributed by atoms with Gasteiger partial charge in [0.25, 0.3) is 0 Å². The molecule has 2 rings (SSSR count). The summed E-state index contributed by atoms with van der Waals surface area (Å²) in [5, 5.41) is 7.44. The molecule has 0 amide bonds. The van der Waals surface area contributed by atoms with Crippen LogP contribution in [-0.4, -0.2) is 20.8 Å². The van der Waals surface area contributed by atoms with Crippen LogP contribution in [0, 0.1) is 6.92 Å². The number of furan rings is 1. The lowest BCUT2D eigenvalue weighted by Gasteiger charge is -2.12. The van der Waals surface area contributed by atoms with Crippen molar-refractivity contribution in [2.75, 3.05) is 0 Å². The molecule has 5 heteroatoms. The van der Waals surface area contributed by atoms with Crippen LogP contribution in [0.1, 0.15) is 18.2 Å². The van der Waals surface area contributed by atoms with Crippen LogP contribution in [0.2, 0.25) is 0 Å². The van der Waals surface area contributed by atoms with E-state index in [1.54, 1.807) is 18.9 Å². The number of aromatic nitrogens is 3. The highest BCUT2D eigenvalue weighted by Gasteiger charge is 2.06. The third-order valence-corrected chi connectivity index (χ3v) is 2.51. The van der Waals surface area contributed by atoms with Crippen molar-refractivity contribution >= 4 is 0 Å². The first kappa shape index (κ1) is 10.9. The minimum atomic E-state index is 0.325. The Morgan fingerprint density at radius 1 is 1.56 bits per heavy atom. The molecular weight excluding hydrogens is 204 g/mol. The van der Waals surface area contributed by atoms with Gasteiger partial charge in [0.1, 0.15) is 18.4 Å². The Kier molecular flexibility index (Phi) is 3.36. The summed E-state index contributed by atoms with van der Waals surface area (Å²) in [5.74, 6) is 0.991. The maximum Gasteiger partial charge on any atom is 0.137 e. The van der Waals surface area contributed by atoms with Crippen LogP contribution in [0.25, 0.3) is 0 Å². The topological polar surface area (TPSA) is 55.9 Å². The van der Waals surface area contributed by atoms with Gasteiger partial charge in [0, 0.05) is 6.04 Å². The summed E-state index contributed by atoms with van der Waals surface area (Å²) in [5.41, 5.74) is 1.18. The highest BCUT2D eigenvalue weighted by atomic mass is 16.3. The van der Waals surface area contributed by atoms with Crippen molar-refractivity contribution in [3.8, 4) is 0 Å². The molecule has 0 aliphatic rings. The van der Waals surface area contributed by atoms with Crippen molar-refractivity contribution in [2.45, 2.75) is 33.0 Å². The van der Waals surface area contributed by atoms with Gasteiger partial charge in [-0.3, -0.25) is 4.68 Å². The van der Waals surface area contributed by atoms with Gasteiger partial charge in [0.15, 0.2) is 0 Å². The van der Waals surface area contributed by atoms with Crippen LogP contribution in [0.4, 0.5) is 0 Å². The Balaban J connectivity index is 1.80. The van der Waals surface area contributed by atoms with E-state index in [9.17, 15) is 0 Å². The molecule has 1 atom stereocenters. The van der Waals surface area contributed by atoms with Crippen molar-refractivity contribution in [3.63, 3.8) is 0 Å². The van der Waals surface area contributed by atoms with Crippen LogP contribution in [0.3, 0.4) is 0 Å². The van der Waals surface area contributed by atoms with Gasteiger partial charge in [-0.15, -0.1) is 0 Å². The number of nitrogens with one attached hydrogen (secondary N) is 1. The molecule has 0 saturated carbocycles. The third kappa shape index (κ3) is 2.70. The fourth-order valence-corrected chi connectivity index (χ4v) is 1.52. The molecule has 0 aliphatic carbocycles. The van der Waals surface area contributed by atoms with E-state index in [4.69, 9.17) is 4.42 Å². The predicted molar refractivity (Wildman–Crippen MR) is 59.8 cm³/mol. The highest BCUT2D eigenvalue weighted by Crippen LogP contribution is 2.08. The lowest BCUT2D eigenvalue weighted by molar-refractivity contribution is 0.413. The van der Waals surface area contributed by atoms with E-state index in [0.717, 1.165) is 18.8 Å². The smallest absolute Gasteiger partial charge is 0.137 e. The Labute approximate surface area is 94.5 Å². The Morgan fingerprint density at radius 3 is 3.06 bits per heavy atom. The zero-order valence-corrected chi connectivity index (χ0v) is 9.55. The van der Waals surface area contributed by atoms with Gasteiger partial charge in [-0.2, -0.15) is 5.10 Å². The quantitative estimate of drug-likeness (QED) is 0.826. The van der Waals surface area contributed by atoms with Gasteiger partial charge in [-0.05, 0) is 25.5 Å². The molecule has 0 saturated heterocycles. The number of rotatable bonds is 5. The molecule has 86 valence electrons. The molecule has 0 fully saturated rings. The van der Waals surface area contributed by atoms with Gasteiger partial charge >= 0.3 is 0 Å². The van der Waals surface area contributed by atoms with E-state index < -0.39 is 0 Å². The van der Waals surface area contributed by atoms with Crippen LogP contribution in [0.15, 0.2) is 29.4 Å². The summed E-state index contributed by atoms with van der Waals surface area (Å²) in [6.07, 6.45) is 4.98. The van der Waals surface area contributed by atoms with Gasteiger partial charge in [-0.25, -0.2) is 4.98 Å². The average molecular weight is 220 g/mol. The maximum absolute atomic E-state index is 5.35. The Morgan fingerprint density at radius 2 is 2.44 bits per heavy atom. The average Bonchev–Trinajstić information content (AvgIpc) is 2.87. The SMILES string of the molecule is Cc1ccoc1CN[C@H](C)Cn1cncn1. The van der Waals surface area contributed by atoms with E-state index in [2.05, 4.69) is 22.3 Å². The number of aryl methyl sites for hydroxylation is 1. The van der Waals surface area contributed by atoms with E-state index in [1.807, 2.05) is 17.7 Å². The van der Waals surface area contributed by atoms with Crippen LogP contribution >= 0.6 is 0 Å². The second-order valence-corrected chi connectivity index (χ2v) is 3.93. The van der Waals surface area contributed by atoms with Crippen molar-refractivity contribution in [2.24, 2.45) is 0 Å². The molecule has 16 heavy (non-hydrogen) atoms. The van der Waals surface area contributed by atoms with E-state index in [-0.39, 0.29) is 0 Å². The summed E-state index contributed by atoms with van der Waals surface area (Å²) in [7, 11) is 0. The molecule has 1 N–H and O–H groups in total. The largest absolute Gasteiger partial charge is 0.468 e. The summed E-state index contributed by atoms with van der Waals surface area (Å²) < 4.78 is 7.16. The van der Waals surface area contributed by atoms with Crippen LogP contribution in [0.5, 0.6) is 0 Å². The van der Waals surface area contributed by atoms with Crippen molar-refractivity contribution in [1.82, 2.24) is 20.1 Å². The van der Waals surface area contributed by atoms with Crippen LogP contribution < -0.4 is 5.32 Å². The molecule has 0 aromatic carbocycles. The monoisotopic (exact) mass is 220 g/mol. The van der Waals surface area contributed by atoms with Crippen LogP contribution in [-0.2, 0) is 13.1 Å². The van der Waals surface area contributed by atoms with Gasteiger partial charge in [0.05, 0.1) is 19.4 Å². The van der Waals surface area contributed by atoms with Crippen molar-refractivity contribution < 1.29 is 4.42 Å². The van der Waals surface area contributed by atoms with E-state index in [0.29, 0.717) is 6.04 Å². The number of hydrogen-bond donors (Lipinski definition) is 1. The van der Waals surface area contributed by atoms with E-state index in [1.165, 1.54) is 5.56 Å². The molecule has 5 nitrogen and oxygen atoms in total. The summed E-state index contributed by atoms with van der Waals surface area (Å²) in [6.45, 7) is 5.71. The molecule has 2 heterocycles. The summed E-state index contributed by atoms with van der Waals surface area (Å²) >= 11 is 0. The minimum absolute atomic E-state index is 0.325. The third-order valence-electron chi connectivity index (χ3n) is 2.51. The predicted octanol–water partition coefficient (Wildman–Crippen LogP) is 1.36. The second kappa shape index (κ2) is 4.94. The first-order chi connectivity index (χ1) is 7.75. The molecule has 0 unspecified atom stereocenters. The van der Waals surface area contributed by atoms with Crippen molar-refractivity contribution in [3.05, 3.63) is 36.3 Å². The van der Waals surface area contributed by atoms with Gasteiger partial charge in [-0.1, -0.05) is 0 Å². The molecule has 0 bridgehead atoms. The first-order valence-electron chi connectivity index (χ1n) is 5.34. The highest BCUT2D eigenvalue weighted by molar-refractivity contribution is 5.14. The molecular formula is C11H16N4O. The number of hydrogen-bond acceptors (Lipinski definition) is 4. The fourth-order valence-electron chi connectivity index (χ4n) is 1.52. The zero-order chi connectivity index (χ0) is 11.4. The lowest BCUT2D eigenvalue weighted by Crippen LogP contribution is -2.30. The Bertz CT molecular complexity index is 421. The standard InChI is InChI=1S/C11H16N4O/c1-9-3-4-16-11(9)5-13-10(2)6-15-8-12-7-14-15/h3-4,7-8,10,13H,5-6H2,1-2H3/t10-/m1/s1.